The molecule has 0 saturated carbocycles. The number of aryl methyl sites for hydroxylation is 2. The lowest BCUT2D eigenvalue weighted by atomic mass is 10.0. The zero-order chi connectivity index (χ0) is 18.1. The first kappa shape index (κ1) is 17.8. The van der Waals surface area contributed by atoms with E-state index < -0.39 is 34.2 Å². The highest BCUT2D eigenvalue weighted by atomic mass is 19.4. The lowest BCUT2D eigenvalue weighted by Gasteiger charge is -2.09. The van der Waals surface area contributed by atoms with Crippen molar-refractivity contribution in [2.45, 2.75) is 25.2 Å². The Labute approximate surface area is 130 Å². The molecule has 0 aliphatic carbocycles. The van der Waals surface area contributed by atoms with E-state index in [0.717, 1.165) is 12.3 Å². The molecule has 1 aromatic heterocycles. The highest BCUT2D eigenvalue weighted by Crippen LogP contribution is 2.34. The Kier molecular flexibility index (Phi) is 4.54. The number of nitro groups is 1. The van der Waals surface area contributed by atoms with E-state index in [0.29, 0.717) is 12.1 Å². The van der Waals surface area contributed by atoms with Crippen molar-refractivity contribution in [3.8, 4) is 0 Å². The number of nitrogens with zero attached hydrogens (tertiary/aromatic N) is 2. The molecule has 11 heteroatoms. The molecule has 0 amide bonds. The number of benzene rings is 1. The van der Waals surface area contributed by atoms with Crippen molar-refractivity contribution in [3.63, 3.8) is 0 Å². The Hall–Kier alpha value is -2.59. The molecular weight excluding hydrogens is 346 g/mol. The van der Waals surface area contributed by atoms with Crippen LogP contribution in [0.2, 0.25) is 0 Å². The predicted octanol–water partition coefficient (Wildman–Crippen LogP) is 4.41. The summed E-state index contributed by atoms with van der Waals surface area (Å²) in [6.45, 7) is 0. The van der Waals surface area contributed by atoms with Crippen molar-refractivity contribution in [2.24, 2.45) is 0 Å². The molecule has 0 N–H and O–H groups in total. The maximum absolute atomic E-state index is 12.6. The van der Waals surface area contributed by atoms with E-state index in [-0.39, 0.29) is 24.0 Å². The Morgan fingerprint density at radius 3 is 2.21 bits per heavy atom. The highest BCUT2D eigenvalue weighted by molar-refractivity contribution is 5.44. The number of rotatable bonds is 4. The first-order valence-corrected chi connectivity index (χ1v) is 6.35. The summed E-state index contributed by atoms with van der Waals surface area (Å²) in [6, 6.07) is 1.87. The van der Waals surface area contributed by atoms with Gasteiger partial charge in [-0.3, -0.25) is 10.1 Å². The summed E-state index contributed by atoms with van der Waals surface area (Å²) in [5.41, 5.74) is -3.75. The second kappa shape index (κ2) is 6.13. The summed E-state index contributed by atoms with van der Waals surface area (Å²) in [4.78, 5) is 9.90. The number of halogens is 6. The van der Waals surface area contributed by atoms with Gasteiger partial charge in [-0.05, 0) is 18.9 Å². The fraction of sp³-hybridized carbons (Fsp3) is 0.308. The van der Waals surface area contributed by atoms with Crippen LogP contribution in [0.25, 0.3) is 0 Å². The molecular formula is C13H8F6N2O3. The summed E-state index contributed by atoms with van der Waals surface area (Å²) in [7, 11) is 0. The molecule has 0 aliphatic heterocycles. The van der Waals surface area contributed by atoms with Crippen LogP contribution in [0.3, 0.4) is 0 Å². The molecule has 0 unspecified atom stereocenters. The van der Waals surface area contributed by atoms with Gasteiger partial charge in [0.2, 0.25) is 0 Å². The lowest BCUT2D eigenvalue weighted by Crippen LogP contribution is -2.10. The van der Waals surface area contributed by atoms with E-state index in [1.165, 1.54) is 0 Å². The molecule has 0 radical (unpaired) electrons. The second-order valence-corrected chi connectivity index (χ2v) is 4.78. The number of alkyl halides is 6. The Morgan fingerprint density at radius 1 is 1.04 bits per heavy atom. The monoisotopic (exact) mass is 354 g/mol. The van der Waals surface area contributed by atoms with Crippen molar-refractivity contribution in [1.29, 1.82) is 0 Å². The van der Waals surface area contributed by atoms with Crippen LogP contribution < -0.4 is 0 Å². The van der Waals surface area contributed by atoms with Gasteiger partial charge in [-0.25, -0.2) is 0 Å². The third kappa shape index (κ3) is 3.84. The van der Waals surface area contributed by atoms with Gasteiger partial charge in [0.15, 0.2) is 5.69 Å². The zero-order valence-electron chi connectivity index (χ0n) is 11.6. The minimum atomic E-state index is -4.76. The standard InChI is InChI=1S/C13H8F6N2O3/c14-12(15,16)9-4-3-7(10(5-9)21(22)23)1-2-8-6-24-20-11(8)13(17,18)19/h3-6H,1-2H2. The molecule has 130 valence electrons. The van der Waals surface area contributed by atoms with Crippen LogP contribution in [0.5, 0.6) is 0 Å². The lowest BCUT2D eigenvalue weighted by molar-refractivity contribution is -0.385. The summed E-state index contributed by atoms with van der Waals surface area (Å²) < 4.78 is 79.9. The molecule has 2 rings (SSSR count). The Bertz CT molecular complexity index is 751. The van der Waals surface area contributed by atoms with Gasteiger partial charge in [0, 0.05) is 17.2 Å². The maximum atomic E-state index is 12.6. The van der Waals surface area contributed by atoms with Crippen molar-refractivity contribution in [3.05, 3.63) is 57.0 Å². The number of nitro benzene ring substituents is 1. The summed E-state index contributed by atoms with van der Waals surface area (Å²) in [5.74, 6) is 0. The van der Waals surface area contributed by atoms with Gasteiger partial charge in [-0.15, -0.1) is 0 Å². The molecule has 0 fully saturated rings. The molecule has 5 nitrogen and oxygen atoms in total. The molecule has 0 saturated heterocycles. The molecule has 0 atom stereocenters. The van der Waals surface area contributed by atoms with Crippen molar-refractivity contribution >= 4 is 5.69 Å². The van der Waals surface area contributed by atoms with E-state index in [2.05, 4.69) is 9.68 Å². The largest absolute Gasteiger partial charge is 0.437 e. The second-order valence-electron chi connectivity index (χ2n) is 4.78. The van der Waals surface area contributed by atoms with Gasteiger partial charge < -0.3 is 4.52 Å². The first-order chi connectivity index (χ1) is 11.0. The van der Waals surface area contributed by atoms with Crippen molar-refractivity contribution < 1.29 is 35.8 Å². The number of hydrogen-bond acceptors (Lipinski definition) is 4. The number of aromatic nitrogens is 1. The summed E-state index contributed by atoms with van der Waals surface area (Å²) >= 11 is 0. The van der Waals surface area contributed by atoms with Gasteiger partial charge in [0.25, 0.3) is 5.69 Å². The molecule has 0 aliphatic rings. The van der Waals surface area contributed by atoms with Gasteiger partial charge in [-0.1, -0.05) is 11.2 Å². The normalized spacial score (nSPS) is 12.4. The van der Waals surface area contributed by atoms with Gasteiger partial charge in [0.05, 0.1) is 10.5 Å². The maximum Gasteiger partial charge on any atom is 0.437 e. The number of hydrogen-bond donors (Lipinski definition) is 0. The molecule has 24 heavy (non-hydrogen) atoms. The van der Waals surface area contributed by atoms with E-state index in [1.54, 1.807) is 0 Å². The zero-order valence-corrected chi connectivity index (χ0v) is 11.6. The first-order valence-electron chi connectivity index (χ1n) is 6.35. The average Bonchev–Trinajstić information content (AvgIpc) is 2.92. The summed E-state index contributed by atoms with van der Waals surface area (Å²) in [6.07, 6.45) is -9.38. The Balaban J connectivity index is 2.28. The van der Waals surface area contributed by atoms with E-state index in [1.807, 2.05) is 0 Å². The molecule has 1 heterocycles. The molecule has 0 bridgehead atoms. The minimum absolute atomic E-state index is 0.123. The summed E-state index contributed by atoms with van der Waals surface area (Å²) in [5, 5.41) is 13.7. The van der Waals surface area contributed by atoms with Gasteiger partial charge in [0.1, 0.15) is 6.26 Å². The Morgan fingerprint density at radius 2 is 1.67 bits per heavy atom. The molecule has 1 aromatic carbocycles. The quantitative estimate of drug-likeness (QED) is 0.463. The smallest absolute Gasteiger partial charge is 0.364 e. The van der Waals surface area contributed by atoms with Crippen LogP contribution in [-0.2, 0) is 25.2 Å². The van der Waals surface area contributed by atoms with Crippen LogP contribution in [0.1, 0.15) is 22.4 Å². The molecule has 0 spiro atoms. The van der Waals surface area contributed by atoms with Crippen molar-refractivity contribution in [2.75, 3.05) is 0 Å². The van der Waals surface area contributed by atoms with Crippen LogP contribution in [0, 0.1) is 10.1 Å². The van der Waals surface area contributed by atoms with E-state index in [4.69, 9.17) is 0 Å². The third-order valence-corrected chi connectivity index (χ3v) is 3.18. The average molecular weight is 354 g/mol. The van der Waals surface area contributed by atoms with Crippen molar-refractivity contribution in [1.82, 2.24) is 5.16 Å². The third-order valence-electron chi connectivity index (χ3n) is 3.18. The van der Waals surface area contributed by atoms with Crippen LogP contribution in [-0.4, -0.2) is 10.1 Å². The van der Waals surface area contributed by atoms with Gasteiger partial charge >= 0.3 is 12.4 Å². The molecule has 2 aromatic rings. The fourth-order valence-electron chi connectivity index (χ4n) is 2.06. The topological polar surface area (TPSA) is 69.2 Å². The van der Waals surface area contributed by atoms with Crippen LogP contribution in [0.4, 0.5) is 32.0 Å². The van der Waals surface area contributed by atoms with E-state index in [9.17, 15) is 36.5 Å². The van der Waals surface area contributed by atoms with E-state index >= 15 is 0 Å². The van der Waals surface area contributed by atoms with Crippen LogP contribution in [0.15, 0.2) is 29.0 Å². The highest BCUT2D eigenvalue weighted by Gasteiger charge is 2.37. The predicted molar refractivity (Wildman–Crippen MR) is 67.0 cm³/mol. The van der Waals surface area contributed by atoms with Gasteiger partial charge in [-0.2, -0.15) is 26.3 Å². The van der Waals surface area contributed by atoms with Crippen LogP contribution >= 0.6 is 0 Å². The minimum Gasteiger partial charge on any atom is -0.364 e. The SMILES string of the molecule is O=[N+]([O-])c1cc(C(F)(F)F)ccc1CCc1conc1C(F)(F)F. The fourth-order valence-corrected chi connectivity index (χ4v) is 2.06.